The molecule has 16 heavy (non-hydrogen) atoms. The molecular formula is C9H16ClNO3S2. The molecule has 7 heteroatoms. The van der Waals surface area contributed by atoms with Gasteiger partial charge < -0.3 is 5.32 Å². The Bertz CT molecular complexity index is 317. The molecule has 0 bridgehead atoms. The number of rotatable bonds is 9. The second-order valence-electron chi connectivity index (χ2n) is 2.98. The Morgan fingerprint density at radius 2 is 2.12 bits per heavy atom. The fourth-order valence-corrected chi connectivity index (χ4v) is 2.92. The van der Waals surface area contributed by atoms with Crippen LogP contribution in [0.15, 0.2) is 12.0 Å². The van der Waals surface area contributed by atoms with Crippen molar-refractivity contribution in [1.29, 1.82) is 0 Å². The minimum atomic E-state index is -3.18. The molecule has 1 amide bonds. The van der Waals surface area contributed by atoms with Crippen LogP contribution < -0.4 is 5.32 Å². The van der Waals surface area contributed by atoms with Crippen LogP contribution in [0.5, 0.6) is 0 Å². The van der Waals surface area contributed by atoms with Crippen LogP contribution in [0, 0.1) is 0 Å². The third-order valence-electron chi connectivity index (χ3n) is 1.69. The molecule has 0 heterocycles. The van der Waals surface area contributed by atoms with Gasteiger partial charge in [-0.1, -0.05) is 6.58 Å². The van der Waals surface area contributed by atoms with Crippen LogP contribution in [0.25, 0.3) is 0 Å². The van der Waals surface area contributed by atoms with Crippen molar-refractivity contribution in [1.82, 2.24) is 5.32 Å². The highest BCUT2D eigenvalue weighted by Gasteiger charge is 2.12. The minimum Gasteiger partial charge on any atom is -0.355 e. The third-order valence-corrected chi connectivity index (χ3v) is 4.43. The lowest BCUT2D eigenvalue weighted by molar-refractivity contribution is -0.120. The lowest BCUT2D eigenvalue weighted by Gasteiger charge is -2.04. The molecule has 0 saturated carbocycles. The normalized spacial score (nSPS) is 11.1. The molecule has 0 fully saturated rings. The molecule has 1 N–H and O–H groups in total. The van der Waals surface area contributed by atoms with E-state index in [1.54, 1.807) is 5.41 Å². The molecule has 0 aliphatic rings. The highest BCUT2D eigenvalue weighted by atomic mass is 35.5. The van der Waals surface area contributed by atoms with Crippen LogP contribution >= 0.6 is 23.4 Å². The zero-order chi connectivity index (χ0) is 12.4. The number of carbonyl (C=O) groups excluding carboxylic acids is 1. The topological polar surface area (TPSA) is 63.2 Å². The molecule has 0 aromatic heterocycles. The highest BCUT2D eigenvalue weighted by Crippen LogP contribution is 1.98. The second-order valence-corrected chi connectivity index (χ2v) is 6.73. The summed E-state index contributed by atoms with van der Waals surface area (Å²) in [6.45, 7) is 4.04. The van der Waals surface area contributed by atoms with Gasteiger partial charge in [0.25, 0.3) is 0 Å². The standard InChI is InChI=1S/C9H16ClNO3S2/c1-2-15-6-5-11-9(12)3-7-16(13,14)8-4-10/h2H,1,3-8H2,(H,11,12). The van der Waals surface area contributed by atoms with E-state index in [9.17, 15) is 13.2 Å². The molecule has 0 aromatic carbocycles. The van der Waals surface area contributed by atoms with E-state index in [-0.39, 0.29) is 29.7 Å². The predicted octanol–water partition coefficient (Wildman–Crippen LogP) is 1.02. The molecule has 0 radical (unpaired) electrons. The molecule has 0 rings (SSSR count). The molecule has 0 saturated heterocycles. The van der Waals surface area contributed by atoms with Crippen molar-refractivity contribution >= 4 is 39.1 Å². The van der Waals surface area contributed by atoms with Crippen LogP contribution in [0.3, 0.4) is 0 Å². The molecule has 4 nitrogen and oxygen atoms in total. The summed E-state index contributed by atoms with van der Waals surface area (Å²) in [5.41, 5.74) is 0. The summed E-state index contributed by atoms with van der Waals surface area (Å²) in [4.78, 5) is 11.2. The third kappa shape index (κ3) is 9.06. The number of sulfone groups is 1. The maximum absolute atomic E-state index is 11.2. The van der Waals surface area contributed by atoms with Crippen LogP contribution in [0.4, 0.5) is 0 Å². The molecule has 94 valence electrons. The molecule has 0 unspecified atom stereocenters. The van der Waals surface area contributed by atoms with Gasteiger partial charge >= 0.3 is 0 Å². The predicted molar refractivity (Wildman–Crippen MR) is 69.7 cm³/mol. The number of amides is 1. The first-order valence-corrected chi connectivity index (χ1v) is 8.18. The molecule has 0 atom stereocenters. The number of alkyl halides is 1. The Balaban J connectivity index is 3.69. The van der Waals surface area contributed by atoms with Crippen molar-refractivity contribution in [2.45, 2.75) is 6.42 Å². The lowest BCUT2D eigenvalue weighted by atomic mass is 10.4. The van der Waals surface area contributed by atoms with Crippen molar-refractivity contribution in [2.75, 3.05) is 29.7 Å². The number of thioether (sulfide) groups is 1. The van der Waals surface area contributed by atoms with E-state index >= 15 is 0 Å². The van der Waals surface area contributed by atoms with Gasteiger partial charge in [0.2, 0.25) is 5.91 Å². The summed E-state index contributed by atoms with van der Waals surface area (Å²) in [5.74, 6) is 0.348. The summed E-state index contributed by atoms with van der Waals surface area (Å²) >= 11 is 6.82. The van der Waals surface area contributed by atoms with Crippen molar-refractivity contribution in [3.63, 3.8) is 0 Å². The van der Waals surface area contributed by atoms with E-state index in [0.29, 0.717) is 6.54 Å². The lowest BCUT2D eigenvalue weighted by Crippen LogP contribution is -2.28. The quantitative estimate of drug-likeness (QED) is 0.508. The van der Waals surface area contributed by atoms with Gasteiger partial charge in [0, 0.05) is 24.6 Å². The van der Waals surface area contributed by atoms with Gasteiger partial charge in [0.15, 0.2) is 9.84 Å². The fraction of sp³-hybridized carbons (Fsp3) is 0.667. The van der Waals surface area contributed by atoms with Gasteiger partial charge in [-0.05, 0) is 5.41 Å². The number of halogens is 1. The Labute approximate surface area is 106 Å². The Morgan fingerprint density at radius 3 is 2.69 bits per heavy atom. The number of hydrogen-bond acceptors (Lipinski definition) is 4. The average molecular weight is 286 g/mol. The highest BCUT2D eigenvalue weighted by molar-refractivity contribution is 8.02. The van der Waals surface area contributed by atoms with Crippen LogP contribution in [-0.2, 0) is 14.6 Å². The largest absolute Gasteiger partial charge is 0.355 e. The number of hydrogen-bond donors (Lipinski definition) is 1. The summed E-state index contributed by atoms with van der Waals surface area (Å²) in [6.07, 6.45) is -0.00201. The average Bonchev–Trinajstić information content (AvgIpc) is 2.22. The van der Waals surface area contributed by atoms with Crippen LogP contribution in [0.1, 0.15) is 6.42 Å². The Hall–Kier alpha value is -0.200. The summed E-state index contributed by atoms with van der Waals surface area (Å²) in [6, 6.07) is 0. The van der Waals surface area contributed by atoms with Gasteiger partial charge in [-0.3, -0.25) is 4.79 Å². The van der Waals surface area contributed by atoms with Crippen molar-refractivity contribution in [3.8, 4) is 0 Å². The first-order chi connectivity index (χ1) is 7.52. The Kier molecular flexibility index (Phi) is 8.78. The van der Waals surface area contributed by atoms with Gasteiger partial charge in [-0.15, -0.1) is 23.4 Å². The van der Waals surface area contributed by atoms with E-state index in [2.05, 4.69) is 11.9 Å². The van der Waals surface area contributed by atoms with Gasteiger partial charge in [0.05, 0.1) is 11.5 Å². The van der Waals surface area contributed by atoms with Gasteiger partial charge in [-0.25, -0.2) is 8.42 Å². The number of carbonyl (C=O) groups is 1. The van der Waals surface area contributed by atoms with Crippen LogP contribution in [0.2, 0.25) is 0 Å². The van der Waals surface area contributed by atoms with Gasteiger partial charge in [0.1, 0.15) is 0 Å². The van der Waals surface area contributed by atoms with Gasteiger partial charge in [-0.2, -0.15) is 0 Å². The molecule has 0 aromatic rings. The zero-order valence-corrected chi connectivity index (χ0v) is 11.3. The smallest absolute Gasteiger partial charge is 0.221 e. The Morgan fingerprint density at radius 1 is 1.44 bits per heavy atom. The summed E-state index contributed by atoms with van der Waals surface area (Å²) in [7, 11) is -3.18. The SMILES string of the molecule is C=CSCCNC(=O)CCS(=O)(=O)CCCl. The van der Waals surface area contributed by atoms with E-state index in [0.717, 1.165) is 5.75 Å². The summed E-state index contributed by atoms with van der Waals surface area (Å²) < 4.78 is 22.5. The van der Waals surface area contributed by atoms with Crippen molar-refractivity contribution < 1.29 is 13.2 Å². The maximum atomic E-state index is 11.2. The monoisotopic (exact) mass is 285 g/mol. The van der Waals surface area contributed by atoms with E-state index in [1.807, 2.05) is 0 Å². The van der Waals surface area contributed by atoms with Crippen molar-refractivity contribution in [2.24, 2.45) is 0 Å². The first-order valence-electron chi connectivity index (χ1n) is 4.77. The minimum absolute atomic E-state index is 0.00201. The second kappa shape index (κ2) is 8.90. The number of nitrogens with one attached hydrogen (secondary N) is 1. The first kappa shape index (κ1) is 15.8. The fourth-order valence-electron chi connectivity index (χ4n) is 0.889. The summed E-state index contributed by atoms with van der Waals surface area (Å²) in [5, 5.41) is 4.32. The zero-order valence-electron chi connectivity index (χ0n) is 8.95. The molecule has 0 aliphatic carbocycles. The van der Waals surface area contributed by atoms with Crippen molar-refractivity contribution in [3.05, 3.63) is 12.0 Å². The van der Waals surface area contributed by atoms with E-state index < -0.39 is 9.84 Å². The maximum Gasteiger partial charge on any atom is 0.221 e. The molecule has 0 aliphatic heterocycles. The molecule has 0 spiro atoms. The van der Waals surface area contributed by atoms with Crippen LogP contribution in [-0.4, -0.2) is 44.0 Å². The van der Waals surface area contributed by atoms with E-state index in [1.165, 1.54) is 11.8 Å². The van der Waals surface area contributed by atoms with E-state index in [4.69, 9.17) is 11.6 Å². The molecular weight excluding hydrogens is 270 g/mol.